The van der Waals surface area contributed by atoms with Crippen LogP contribution in [0.5, 0.6) is 0 Å². The van der Waals surface area contributed by atoms with Gasteiger partial charge in [-0.05, 0) is 69.4 Å². The molecule has 0 fully saturated rings. The topological polar surface area (TPSA) is 30.7 Å². The first kappa shape index (κ1) is 26.0. The van der Waals surface area contributed by atoms with Gasteiger partial charge in [-0.1, -0.05) is 121 Å². The molecule has 0 spiro atoms. The van der Waals surface area contributed by atoms with Crippen LogP contribution in [0, 0.1) is 0 Å². The monoisotopic (exact) mass is 597 g/mol. The molecule has 10 rings (SSSR count). The van der Waals surface area contributed by atoms with Gasteiger partial charge in [0.15, 0.2) is 5.82 Å². The lowest BCUT2D eigenvalue weighted by molar-refractivity contribution is 1.20. The van der Waals surface area contributed by atoms with E-state index in [1.165, 1.54) is 43.4 Å². The molecule has 0 aliphatic carbocycles. The Morgan fingerprint density at radius 2 is 0.915 bits per heavy atom. The number of hydrogen-bond acceptors (Lipinski definition) is 2. The number of fused-ring (bicyclic) bond motifs is 7. The van der Waals surface area contributed by atoms with Crippen LogP contribution < -0.4 is 0 Å². The van der Waals surface area contributed by atoms with Gasteiger partial charge in [0.2, 0.25) is 0 Å². The quantitative estimate of drug-likeness (QED) is 0.203. The zero-order valence-corrected chi connectivity index (χ0v) is 25.4. The molecule has 0 atom stereocenters. The predicted octanol–water partition coefficient (Wildman–Crippen LogP) is 11.5. The smallest absolute Gasteiger partial charge is 0.161 e. The van der Waals surface area contributed by atoms with E-state index in [1.54, 1.807) is 0 Å². The SMILES string of the molecule is c1ccc(-c2nc(-c3ccc(-n4c5cc6ccccc6cc5c5cc6ccccc6cc54)c4ccccc34)nc3ccccc23)cc1. The molecule has 0 aliphatic heterocycles. The summed E-state index contributed by atoms with van der Waals surface area (Å²) in [4.78, 5) is 10.4. The number of para-hydroxylation sites is 1. The van der Waals surface area contributed by atoms with Crippen LogP contribution in [0.15, 0.2) is 164 Å². The average Bonchev–Trinajstić information content (AvgIpc) is 3.43. The molecule has 2 heterocycles. The second-order valence-corrected chi connectivity index (χ2v) is 12.2. The standard InChI is InChI=1S/C44H27N3/c1-2-12-28(13-3-1)43-36-20-10-11-21-39(36)45-44(46-43)35-22-23-40(34-19-9-8-18-33(34)35)47-41-26-31-16-6-4-14-29(31)24-37(41)38-25-30-15-5-7-17-32(30)27-42(38)47/h1-27H. The summed E-state index contributed by atoms with van der Waals surface area (Å²) in [5.74, 6) is 0.726. The first-order chi connectivity index (χ1) is 23.3. The molecule has 3 nitrogen and oxygen atoms in total. The Labute approximate surface area is 271 Å². The lowest BCUT2D eigenvalue weighted by Crippen LogP contribution is -1.99. The number of aromatic nitrogens is 3. The normalized spacial score (nSPS) is 11.8. The molecule has 0 N–H and O–H groups in total. The van der Waals surface area contributed by atoms with E-state index in [9.17, 15) is 0 Å². The van der Waals surface area contributed by atoms with Crippen LogP contribution in [0.4, 0.5) is 0 Å². The maximum Gasteiger partial charge on any atom is 0.161 e. The van der Waals surface area contributed by atoms with Crippen molar-refractivity contribution in [3.8, 4) is 28.3 Å². The average molecular weight is 598 g/mol. The Hall–Kier alpha value is -6.32. The second-order valence-electron chi connectivity index (χ2n) is 12.2. The lowest BCUT2D eigenvalue weighted by atomic mass is 10.0. The summed E-state index contributed by atoms with van der Waals surface area (Å²) in [5.41, 5.74) is 7.51. The maximum atomic E-state index is 5.23. The molecular weight excluding hydrogens is 571 g/mol. The van der Waals surface area contributed by atoms with E-state index < -0.39 is 0 Å². The summed E-state index contributed by atoms with van der Waals surface area (Å²) in [7, 11) is 0. The molecular formula is C44H27N3. The molecule has 2 aromatic heterocycles. The van der Waals surface area contributed by atoms with Crippen molar-refractivity contribution in [2.75, 3.05) is 0 Å². The molecule has 8 aromatic carbocycles. The van der Waals surface area contributed by atoms with Gasteiger partial charge in [-0.25, -0.2) is 9.97 Å². The minimum absolute atomic E-state index is 0.726. The number of hydrogen-bond donors (Lipinski definition) is 0. The molecule has 0 radical (unpaired) electrons. The van der Waals surface area contributed by atoms with E-state index in [2.05, 4.69) is 156 Å². The third-order valence-electron chi connectivity index (χ3n) is 9.53. The van der Waals surface area contributed by atoms with Crippen molar-refractivity contribution >= 4 is 65.0 Å². The summed E-state index contributed by atoms with van der Waals surface area (Å²) >= 11 is 0. The highest BCUT2D eigenvalue weighted by Crippen LogP contribution is 2.40. The number of benzene rings is 8. The highest BCUT2D eigenvalue weighted by atomic mass is 15.0. The van der Waals surface area contributed by atoms with Gasteiger partial charge in [-0.2, -0.15) is 0 Å². The van der Waals surface area contributed by atoms with Crippen molar-refractivity contribution in [2.45, 2.75) is 0 Å². The molecule has 0 unspecified atom stereocenters. The van der Waals surface area contributed by atoms with Crippen molar-refractivity contribution in [1.29, 1.82) is 0 Å². The van der Waals surface area contributed by atoms with Crippen LogP contribution in [0.1, 0.15) is 0 Å². The Balaban J connectivity index is 1.28. The van der Waals surface area contributed by atoms with Gasteiger partial charge in [0.25, 0.3) is 0 Å². The zero-order chi connectivity index (χ0) is 30.9. The van der Waals surface area contributed by atoms with Crippen LogP contribution in [-0.2, 0) is 0 Å². The van der Waals surface area contributed by atoms with Gasteiger partial charge in [0.05, 0.1) is 27.9 Å². The van der Waals surface area contributed by atoms with E-state index in [4.69, 9.17) is 9.97 Å². The fraction of sp³-hybridized carbons (Fsp3) is 0. The Bertz CT molecular complexity index is 2750. The van der Waals surface area contributed by atoms with Crippen LogP contribution in [0.3, 0.4) is 0 Å². The molecule has 3 heteroatoms. The summed E-state index contributed by atoms with van der Waals surface area (Å²) < 4.78 is 2.45. The number of nitrogens with zero attached hydrogens (tertiary/aromatic N) is 3. The summed E-state index contributed by atoms with van der Waals surface area (Å²) in [6.07, 6.45) is 0. The third-order valence-corrected chi connectivity index (χ3v) is 9.53. The summed E-state index contributed by atoms with van der Waals surface area (Å²) in [5, 5.41) is 10.8. The molecule has 0 saturated carbocycles. The van der Waals surface area contributed by atoms with Gasteiger partial charge in [0, 0.05) is 32.7 Å². The van der Waals surface area contributed by atoms with Crippen molar-refractivity contribution in [2.24, 2.45) is 0 Å². The summed E-state index contributed by atoms with van der Waals surface area (Å²) in [6, 6.07) is 58.5. The third kappa shape index (κ3) is 4.00. The first-order valence-electron chi connectivity index (χ1n) is 16.0. The van der Waals surface area contributed by atoms with Gasteiger partial charge in [0.1, 0.15) is 0 Å². The molecule has 10 aromatic rings. The highest BCUT2D eigenvalue weighted by molar-refractivity contribution is 6.17. The maximum absolute atomic E-state index is 5.23. The molecule has 218 valence electrons. The molecule has 0 amide bonds. The van der Waals surface area contributed by atoms with Crippen molar-refractivity contribution in [1.82, 2.24) is 14.5 Å². The van der Waals surface area contributed by atoms with Crippen LogP contribution >= 0.6 is 0 Å². The molecule has 0 aliphatic rings. The second kappa shape index (κ2) is 10.1. The fourth-order valence-electron chi connectivity index (χ4n) is 7.33. The molecule has 0 saturated heterocycles. The first-order valence-corrected chi connectivity index (χ1v) is 16.0. The lowest BCUT2D eigenvalue weighted by Gasteiger charge is -2.15. The van der Waals surface area contributed by atoms with E-state index in [0.717, 1.165) is 50.0 Å². The molecule has 0 bridgehead atoms. The zero-order valence-electron chi connectivity index (χ0n) is 25.4. The van der Waals surface area contributed by atoms with Gasteiger partial charge < -0.3 is 4.57 Å². The van der Waals surface area contributed by atoms with E-state index >= 15 is 0 Å². The van der Waals surface area contributed by atoms with E-state index in [1.807, 2.05) is 12.1 Å². The van der Waals surface area contributed by atoms with Crippen LogP contribution in [0.2, 0.25) is 0 Å². The van der Waals surface area contributed by atoms with Crippen molar-refractivity contribution in [3.63, 3.8) is 0 Å². The van der Waals surface area contributed by atoms with Crippen molar-refractivity contribution < 1.29 is 0 Å². The highest BCUT2D eigenvalue weighted by Gasteiger charge is 2.19. The largest absolute Gasteiger partial charge is 0.309 e. The minimum atomic E-state index is 0.726. The van der Waals surface area contributed by atoms with E-state index in [0.29, 0.717) is 0 Å². The summed E-state index contributed by atoms with van der Waals surface area (Å²) in [6.45, 7) is 0. The minimum Gasteiger partial charge on any atom is -0.309 e. The molecule has 47 heavy (non-hydrogen) atoms. The van der Waals surface area contributed by atoms with E-state index in [-0.39, 0.29) is 0 Å². The number of rotatable bonds is 3. The van der Waals surface area contributed by atoms with Gasteiger partial charge in [-0.15, -0.1) is 0 Å². The fourth-order valence-corrected chi connectivity index (χ4v) is 7.33. The van der Waals surface area contributed by atoms with Crippen molar-refractivity contribution in [3.05, 3.63) is 164 Å². The van der Waals surface area contributed by atoms with Crippen LogP contribution in [-0.4, -0.2) is 14.5 Å². The Kier molecular flexibility index (Phi) is 5.57. The van der Waals surface area contributed by atoms with Gasteiger partial charge >= 0.3 is 0 Å². The van der Waals surface area contributed by atoms with Crippen LogP contribution in [0.25, 0.3) is 93.4 Å². The Morgan fingerprint density at radius 1 is 0.383 bits per heavy atom. The van der Waals surface area contributed by atoms with Gasteiger partial charge in [-0.3, -0.25) is 0 Å². The predicted molar refractivity (Wildman–Crippen MR) is 197 cm³/mol. The Morgan fingerprint density at radius 3 is 1.57 bits per heavy atom.